The van der Waals surface area contributed by atoms with Crippen LogP contribution >= 0.6 is 0 Å². The summed E-state index contributed by atoms with van der Waals surface area (Å²) in [5.74, 6) is -0.270. The van der Waals surface area contributed by atoms with Crippen LogP contribution in [0.3, 0.4) is 0 Å². The van der Waals surface area contributed by atoms with Crippen LogP contribution in [-0.4, -0.2) is 21.5 Å². The molecule has 0 aliphatic heterocycles. The normalized spacial score (nSPS) is 11.2. The number of nitrogens with zero attached hydrogens (tertiary/aromatic N) is 2. The molecule has 0 radical (unpaired) electrons. The molecular formula is C14H17FN4O2. The average molecular weight is 292 g/mol. The molecule has 0 spiro atoms. The molecule has 0 aliphatic carbocycles. The van der Waals surface area contributed by atoms with Crippen molar-refractivity contribution in [2.45, 2.75) is 26.4 Å². The number of nitrogens with one attached hydrogen (secondary N) is 1. The molecule has 0 aliphatic rings. The number of benzene rings is 1. The van der Waals surface area contributed by atoms with E-state index in [2.05, 4.69) is 10.4 Å². The lowest BCUT2D eigenvalue weighted by molar-refractivity contribution is 0.0636. The van der Waals surface area contributed by atoms with E-state index in [0.717, 1.165) is 0 Å². The molecular weight excluding hydrogens is 275 g/mol. The molecule has 7 heteroatoms. The van der Waals surface area contributed by atoms with Gasteiger partial charge >= 0.3 is 6.09 Å². The van der Waals surface area contributed by atoms with Crippen LogP contribution in [-0.2, 0) is 4.74 Å². The van der Waals surface area contributed by atoms with Crippen molar-refractivity contribution in [2.24, 2.45) is 0 Å². The van der Waals surface area contributed by atoms with Crippen LogP contribution in [0.15, 0.2) is 30.5 Å². The second kappa shape index (κ2) is 5.43. The van der Waals surface area contributed by atoms with Gasteiger partial charge in [0.1, 0.15) is 17.1 Å². The molecule has 0 atom stereocenters. The maximum atomic E-state index is 13.2. The fourth-order valence-corrected chi connectivity index (χ4v) is 1.65. The van der Waals surface area contributed by atoms with Crippen molar-refractivity contribution in [3.8, 4) is 5.69 Å². The predicted molar refractivity (Wildman–Crippen MR) is 77.8 cm³/mol. The van der Waals surface area contributed by atoms with Gasteiger partial charge in [-0.05, 0) is 39.0 Å². The van der Waals surface area contributed by atoms with Crippen LogP contribution in [0.4, 0.5) is 20.7 Å². The van der Waals surface area contributed by atoms with E-state index in [1.54, 1.807) is 32.9 Å². The Morgan fingerprint density at radius 1 is 1.43 bits per heavy atom. The molecule has 3 N–H and O–H groups in total. The number of nitrogens with two attached hydrogens (primary N) is 1. The van der Waals surface area contributed by atoms with Gasteiger partial charge in [0.2, 0.25) is 0 Å². The number of anilines is 2. The number of rotatable bonds is 2. The third-order valence-electron chi connectivity index (χ3n) is 2.45. The zero-order chi connectivity index (χ0) is 15.6. The molecule has 2 rings (SSSR count). The first-order valence-electron chi connectivity index (χ1n) is 6.36. The first-order valence-corrected chi connectivity index (χ1v) is 6.36. The van der Waals surface area contributed by atoms with E-state index in [-0.39, 0.29) is 11.6 Å². The summed E-state index contributed by atoms with van der Waals surface area (Å²) < 4.78 is 19.7. The fourth-order valence-electron chi connectivity index (χ4n) is 1.65. The molecule has 0 unspecified atom stereocenters. The van der Waals surface area contributed by atoms with Crippen LogP contribution in [0, 0.1) is 5.82 Å². The van der Waals surface area contributed by atoms with E-state index >= 15 is 0 Å². The van der Waals surface area contributed by atoms with Crippen molar-refractivity contribution in [1.29, 1.82) is 0 Å². The number of hydrogen-bond acceptors (Lipinski definition) is 4. The van der Waals surface area contributed by atoms with E-state index in [9.17, 15) is 9.18 Å². The number of carbonyl (C=O) groups excluding carboxylic acids is 1. The van der Waals surface area contributed by atoms with Gasteiger partial charge < -0.3 is 10.5 Å². The second-order valence-electron chi connectivity index (χ2n) is 5.48. The van der Waals surface area contributed by atoms with Crippen LogP contribution in [0.1, 0.15) is 20.8 Å². The highest BCUT2D eigenvalue weighted by Crippen LogP contribution is 2.20. The van der Waals surface area contributed by atoms with Crippen molar-refractivity contribution in [3.63, 3.8) is 0 Å². The first-order chi connectivity index (χ1) is 9.74. The van der Waals surface area contributed by atoms with Gasteiger partial charge in [-0.15, -0.1) is 5.10 Å². The van der Waals surface area contributed by atoms with E-state index < -0.39 is 11.7 Å². The van der Waals surface area contributed by atoms with Gasteiger partial charge in [-0.2, -0.15) is 0 Å². The average Bonchev–Trinajstić information content (AvgIpc) is 2.68. The number of aromatic nitrogens is 2. The number of halogens is 1. The standard InChI is InChI=1S/C14H17FN4O2/c1-14(2,3)21-13(20)17-11-8-19(18-12(11)16)10-6-4-5-9(15)7-10/h4-8H,1-3H3,(H2,16,18)(H,17,20). The Bertz CT molecular complexity index is 661. The highest BCUT2D eigenvalue weighted by atomic mass is 19.1. The molecule has 0 saturated heterocycles. The molecule has 0 fully saturated rings. The highest BCUT2D eigenvalue weighted by Gasteiger charge is 2.18. The van der Waals surface area contributed by atoms with E-state index in [1.807, 2.05) is 0 Å². The van der Waals surface area contributed by atoms with Crippen molar-refractivity contribution in [1.82, 2.24) is 9.78 Å². The van der Waals surface area contributed by atoms with Crippen LogP contribution < -0.4 is 11.1 Å². The van der Waals surface area contributed by atoms with Crippen molar-refractivity contribution < 1.29 is 13.9 Å². The van der Waals surface area contributed by atoms with Crippen molar-refractivity contribution in [2.75, 3.05) is 11.1 Å². The van der Waals surface area contributed by atoms with Crippen molar-refractivity contribution >= 4 is 17.6 Å². The van der Waals surface area contributed by atoms with E-state index in [0.29, 0.717) is 11.4 Å². The van der Waals surface area contributed by atoms with E-state index in [4.69, 9.17) is 10.5 Å². The lowest BCUT2D eigenvalue weighted by Gasteiger charge is -2.19. The lowest BCUT2D eigenvalue weighted by Crippen LogP contribution is -2.27. The van der Waals surface area contributed by atoms with Gasteiger partial charge in [0.25, 0.3) is 0 Å². The topological polar surface area (TPSA) is 82.2 Å². The van der Waals surface area contributed by atoms with Crippen molar-refractivity contribution in [3.05, 3.63) is 36.3 Å². The maximum Gasteiger partial charge on any atom is 0.412 e. The molecule has 112 valence electrons. The van der Waals surface area contributed by atoms with Gasteiger partial charge in [-0.1, -0.05) is 6.07 Å². The SMILES string of the molecule is CC(C)(C)OC(=O)Nc1cn(-c2cccc(F)c2)nc1N. The monoisotopic (exact) mass is 292 g/mol. The number of amides is 1. The minimum Gasteiger partial charge on any atom is -0.444 e. The quantitative estimate of drug-likeness (QED) is 0.891. The molecule has 0 saturated carbocycles. The summed E-state index contributed by atoms with van der Waals surface area (Å²) in [6, 6.07) is 5.87. The zero-order valence-corrected chi connectivity index (χ0v) is 12.1. The third-order valence-corrected chi connectivity index (χ3v) is 2.45. The number of carbonyl (C=O) groups is 1. The number of nitrogen functional groups attached to an aromatic ring is 1. The zero-order valence-electron chi connectivity index (χ0n) is 12.1. The fraction of sp³-hybridized carbons (Fsp3) is 0.286. The Hall–Kier alpha value is -2.57. The summed E-state index contributed by atoms with van der Waals surface area (Å²) in [5.41, 5.74) is 5.92. The minimum atomic E-state index is -0.631. The molecule has 1 aromatic heterocycles. The van der Waals surface area contributed by atoms with Gasteiger partial charge in [0.15, 0.2) is 5.82 Å². The van der Waals surface area contributed by atoms with E-state index in [1.165, 1.54) is 23.0 Å². The third kappa shape index (κ3) is 3.95. The Labute approximate surface area is 121 Å². The second-order valence-corrected chi connectivity index (χ2v) is 5.48. The first kappa shape index (κ1) is 14.8. The Morgan fingerprint density at radius 2 is 2.14 bits per heavy atom. The Balaban J connectivity index is 2.18. The van der Waals surface area contributed by atoms with Crippen LogP contribution in [0.5, 0.6) is 0 Å². The summed E-state index contributed by atoms with van der Waals surface area (Å²) in [7, 11) is 0. The molecule has 1 amide bonds. The lowest BCUT2D eigenvalue weighted by atomic mass is 10.2. The summed E-state index contributed by atoms with van der Waals surface area (Å²) >= 11 is 0. The summed E-state index contributed by atoms with van der Waals surface area (Å²) in [4.78, 5) is 11.7. The molecule has 1 heterocycles. The van der Waals surface area contributed by atoms with Gasteiger partial charge in [0.05, 0.1) is 11.9 Å². The summed E-state index contributed by atoms with van der Waals surface area (Å²) in [6.07, 6.45) is 0.863. The Kier molecular flexibility index (Phi) is 3.84. The maximum absolute atomic E-state index is 13.2. The van der Waals surface area contributed by atoms with Gasteiger partial charge in [-0.25, -0.2) is 13.9 Å². The molecule has 2 aromatic rings. The molecule has 0 bridgehead atoms. The minimum absolute atomic E-state index is 0.116. The van der Waals surface area contributed by atoms with Gasteiger partial charge in [0, 0.05) is 0 Å². The smallest absolute Gasteiger partial charge is 0.412 e. The molecule has 6 nitrogen and oxygen atoms in total. The predicted octanol–water partition coefficient (Wildman–Crippen LogP) is 2.94. The summed E-state index contributed by atoms with van der Waals surface area (Å²) in [6.45, 7) is 5.27. The van der Waals surface area contributed by atoms with Crippen LogP contribution in [0.2, 0.25) is 0 Å². The number of ether oxygens (including phenoxy) is 1. The number of hydrogen-bond donors (Lipinski definition) is 2. The molecule has 21 heavy (non-hydrogen) atoms. The largest absolute Gasteiger partial charge is 0.444 e. The molecule has 1 aromatic carbocycles. The highest BCUT2D eigenvalue weighted by molar-refractivity contribution is 5.88. The van der Waals surface area contributed by atoms with Gasteiger partial charge in [-0.3, -0.25) is 5.32 Å². The van der Waals surface area contributed by atoms with Crippen LogP contribution in [0.25, 0.3) is 5.69 Å². The Morgan fingerprint density at radius 3 is 2.76 bits per heavy atom. The summed E-state index contributed by atoms with van der Waals surface area (Å²) in [5, 5.41) is 6.54.